The molecule has 3 atom stereocenters. The minimum absolute atomic E-state index is 0.0486. The molecule has 0 bridgehead atoms. The van der Waals surface area contributed by atoms with Gasteiger partial charge in [0.25, 0.3) is 5.91 Å². The fraction of sp³-hybridized carbons (Fsp3) is 0.500. The van der Waals surface area contributed by atoms with Crippen molar-refractivity contribution in [1.82, 2.24) is 9.55 Å². The van der Waals surface area contributed by atoms with E-state index in [1.165, 1.54) is 4.57 Å². The molecule has 1 aromatic carbocycles. The maximum Gasteiger partial charge on any atom is 0.351 e. The molecule has 3 rings (SSSR count). The molecule has 2 aromatic rings. The molecule has 32 heavy (non-hydrogen) atoms. The number of aliphatic hydroxyl groups excluding tert-OH is 1. The molecule has 174 valence electrons. The third-order valence-corrected chi connectivity index (χ3v) is 11.4. The van der Waals surface area contributed by atoms with Crippen LogP contribution in [0, 0.1) is 3.57 Å². The van der Waals surface area contributed by atoms with Crippen molar-refractivity contribution in [3.8, 4) is 0 Å². The minimum atomic E-state index is -1.99. The average molecular weight is 571 g/mol. The van der Waals surface area contributed by atoms with E-state index in [9.17, 15) is 14.7 Å². The molecule has 0 aliphatic carbocycles. The highest BCUT2D eigenvalue weighted by Gasteiger charge is 2.41. The molecular weight excluding hydrogens is 541 g/mol. The Bertz CT molecular complexity index is 1020. The summed E-state index contributed by atoms with van der Waals surface area (Å²) < 4.78 is 14.1. The molecule has 8 nitrogen and oxygen atoms in total. The van der Waals surface area contributed by atoms with Crippen LogP contribution in [-0.4, -0.2) is 47.7 Å². The highest BCUT2D eigenvalue weighted by atomic mass is 127. The number of hydrogen-bond donors (Lipinski definition) is 2. The molecule has 1 aromatic heterocycles. The van der Waals surface area contributed by atoms with Gasteiger partial charge in [-0.3, -0.25) is 9.36 Å². The number of aromatic nitrogens is 2. The smallest absolute Gasteiger partial charge is 0.351 e. The summed E-state index contributed by atoms with van der Waals surface area (Å²) in [5, 5.41) is 13.2. The second kappa shape index (κ2) is 9.72. The maximum absolute atomic E-state index is 12.7. The molecule has 1 aliphatic rings. The quantitative estimate of drug-likeness (QED) is 0.405. The fourth-order valence-corrected chi connectivity index (χ4v) is 4.62. The van der Waals surface area contributed by atoms with Gasteiger partial charge >= 0.3 is 5.69 Å². The molecule has 0 spiro atoms. The van der Waals surface area contributed by atoms with Crippen molar-refractivity contribution >= 4 is 42.6 Å². The van der Waals surface area contributed by atoms with Crippen molar-refractivity contribution in [3.05, 3.63) is 56.1 Å². The molecule has 10 heteroatoms. The van der Waals surface area contributed by atoms with E-state index in [1.807, 2.05) is 28.7 Å². The van der Waals surface area contributed by atoms with Crippen molar-refractivity contribution in [2.75, 3.05) is 11.9 Å². The van der Waals surface area contributed by atoms with E-state index in [2.05, 4.69) is 44.2 Å². The number of halogens is 1. The number of amides is 1. The average Bonchev–Trinajstić information content (AvgIpc) is 3.09. The third kappa shape index (κ3) is 5.65. The molecule has 1 saturated heterocycles. The first-order chi connectivity index (χ1) is 14.9. The van der Waals surface area contributed by atoms with E-state index < -0.39 is 32.4 Å². The standard InChI is InChI=1S/C22H30IN3O5Si/c1-22(2,3)32(4,5)30-13-17-16(27)11-18(31-17)26-12-15(23)19(25-21(26)29)24-20(28)14-9-7-6-8-10-14/h6-10,12,16-18,27H,11,13H2,1-5H3,(H,24,25,28,29)/t16-,17-,18-/m0/s1. The lowest BCUT2D eigenvalue weighted by atomic mass is 10.2. The van der Waals surface area contributed by atoms with Gasteiger partial charge in [0.2, 0.25) is 0 Å². The molecule has 2 heterocycles. The highest BCUT2D eigenvalue weighted by molar-refractivity contribution is 14.1. The summed E-state index contributed by atoms with van der Waals surface area (Å²) in [5.41, 5.74) is -0.0851. The lowest BCUT2D eigenvalue weighted by Crippen LogP contribution is -2.43. The van der Waals surface area contributed by atoms with E-state index in [-0.39, 0.29) is 29.8 Å². The molecule has 2 N–H and O–H groups in total. The number of rotatable bonds is 6. The van der Waals surface area contributed by atoms with E-state index in [1.54, 1.807) is 30.5 Å². The number of ether oxygens (including phenoxy) is 1. The number of carbonyl (C=O) groups excluding carboxylic acids is 1. The minimum Gasteiger partial charge on any atom is -0.414 e. The van der Waals surface area contributed by atoms with Crippen molar-refractivity contribution in [3.63, 3.8) is 0 Å². The number of nitrogens with one attached hydrogen (secondary N) is 1. The van der Waals surface area contributed by atoms with Gasteiger partial charge in [0.05, 0.1) is 16.3 Å². The van der Waals surface area contributed by atoms with Crippen molar-refractivity contribution in [2.45, 2.75) is 63.8 Å². The Balaban J connectivity index is 1.70. The van der Waals surface area contributed by atoms with Crippen LogP contribution in [0.15, 0.2) is 41.3 Å². The molecule has 1 aliphatic heterocycles. The Labute approximate surface area is 202 Å². The van der Waals surface area contributed by atoms with E-state index >= 15 is 0 Å². The van der Waals surface area contributed by atoms with Crippen molar-refractivity contribution in [2.24, 2.45) is 0 Å². The van der Waals surface area contributed by atoms with Gasteiger partial charge in [0.1, 0.15) is 12.3 Å². The van der Waals surface area contributed by atoms with Gasteiger partial charge in [-0.05, 0) is 52.9 Å². The van der Waals surface area contributed by atoms with Crippen LogP contribution in [0.2, 0.25) is 18.1 Å². The van der Waals surface area contributed by atoms with Gasteiger partial charge < -0.3 is 19.6 Å². The molecule has 0 radical (unpaired) electrons. The first-order valence-electron chi connectivity index (χ1n) is 10.5. The second-order valence-electron chi connectivity index (χ2n) is 9.45. The Hall–Kier alpha value is -1.60. The Kier molecular flexibility index (Phi) is 7.60. The van der Waals surface area contributed by atoms with Crippen LogP contribution in [0.1, 0.15) is 43.8 Å². The van der Waals surface area contributed by atoms with Crippen LogP contribution in [0.3, 0.4) is 0 Å². The van der Waals surface area contributed by atoms with Crippen LogP contribution < -0.4 is 11.0 Å². The number of benzene rings is 1. The Morgan fingerprint density at radius 2 is 2.00 bits per heavy atom. The second-order valence-corrected chi connectivity index (χ2v) is 15.4. The molecule has 0 saturated carbocycles. The summed E-state index contributed by atoms with van der Waals surface area (Å²) in [6.45, 7) is 11.0. The normalized spacial score (nSPS) is 21.5. The molecular formula is C22H30IN3O5Si. The summed E-state index contributed by atoms with van der Waals surface area (Å²) in [6, 6.07) is 8.71. The van der Waals surface area contributed by atoms with Gasteiger partial charge in [0, 0.05) is 18.2 Å². The number of nitrogens with zero attached hydrogens (tertiary/aromatic N) is 2. The summed E-state index contributed by atoms with van der Waals surface area (Å²) in [6.07, 6.45) is -0.0579. The lowest BCUT2D eigenvalue weighted by Gasteiger charge is -2.37. The third-order valence-electron chi connectivity index (χ3n) is 6.10. The summed E-state index contributed by atoms with van der Waals surface area (Å²) in [7, 11) is -1.99. The number of anilines is 1. The summed E-state index contributed by atoms with van der Waals surface area (Å²) in [4.78, 5) is 29.1. The maximum atomic E-state index is 12.7. The first-order valence-corrected chi connectivity index (χ1v) is 14.5. The number of hydrogen-bond acceptors (Lipinski definition) is 6. The van der Waals surface area contributed by atoms with Gasteiger partial charge in [-0.25, -0.2) is 4.79 Å². The Morgan fingerprint density at radius 3 is 2.62 bits per heavy atom. The van der Waals surface area contributed by atoms with Gasteiger partial charge in [-0.2, -0.15) is 4.98 Å². The van der Waals surface area contributed by atoms with Crippen LogP contribution >= 0.6 is 22.6 Å². The van der Waals surface area contributed by atoms with Crippen LogP contribution in [0.4, 0.5) is 5.82 Å². The fourth-order valence-electron chi connectivity index (χ4n) is 3.05. The predicted molar refractivity (Wildman–Crippen MR) is 133 cm³/mol. The van der Waals surface area contributed by atoms with Crippen molar-refractivity contribution in [1.29, 1.82) is 0 Å². The monoisotopic (exact) mass is 571 g/mol. The SMILES string of the molecule is CC(C)(C)[Si](C)(C)OC[C@@H]1O[C@H](n2cc(I)c(NC(=O)c3ccccc3)nc2=O)C[C@@H]1O. The largest absolute Gasteiger partial charge is 0.414 e. The van der Waals surface area contributed by atoms with E-state index in [0.29, 0.717) is 9.13 Å². The summed E-state index contributed by atoms with van der Waals surface area (Å²) in [5.74, 6) is -0.152. The van der Waals surface area contributed by atoms with Gasteiger partial charge in [-0.15, -0.1) is 0 Å². The van der Waals surface area contributed by atoms with Crippen LogP contribution in [0.5, 0.6) is 0 Å². The number of carbonyl (C=O) groups is 1. The predicted octanol–water partition coefficient (Wildman–Crippen LogP) is 3.77. The number of aliphatic hydroxyl groups is 1. The van der Waals surface area contributed by atoms with E-state index in [4.69, 9.17) is 9.16 Å². The topological polar surface area (TPSA) is 103 Å². The lowest BCUT2D eigenvalue weighted by molar-refractivity contribution is -0.0432. The molecule has 0 unspecified atom stereocenters. The van der Waals surface area contributed by atoms with Crippen LogP contribution in [-0.2, 0) is 9.16 Å². The first kappa shape index (κ1) is 25.0. The molecule has 1 fully saturated rings. The van der Waals surface area contributed by atoms with Gasteiger partial charge in [0.15, 0.2) is 14.1 Å². The van der Waals surface area contributed by atoms with Gasteiger partial charge in [-0.1, -0.05) is 39.0 Å². The molecule has 1 amide bonds. The zero-order valence-electron chi connectivity index (χ0n) is 19.0. The van der Waals surface area contributed by atoms with Crippen LogP contribution in [0.25, 0.3) is 0 Å². The zero-order valence-corrected chi connectivity index (χ0v) is 22.1. The zero-order chi connectivity index (χ0) is 23.7. The highest BCUT2D eigenvalue weighted by Crippen LogP contribution is 2.37. The van der Waals surface area contributed by atoms with Crippen molar-refractivity contribution < 1.29 is 19.1 Å². The Morgan fingerprint density at radius 1 is 1.34 bits per heavy atom. The summed E-state index contributed by atoms with van der Waals surface area (Å²) >= 11 is 2.01. The van der Waals surface area contributed by atoms with E-state index in [0.717, 1.165) is 0 Å².